The van der Waals surface area contributed by atoms with E-state index in [0.29, 0.717) is 6.07 Å². The molecule has 0 spiro atoms. The Hall–Kier alpha value is -2.47. The Morgan fingerprint density at radius 1 is 1.00 bits per heavy atom. The number of rotatable bonds is 5. The van der Waals surface area contributed by atoms with Crippen LogP contribution in [0, 0.1) is 0 Å². The molecule has 0 atom stereocenters. The van der Waals surface area contributed by atoms with Crippen LogP contribution in [0.4, 0.5) is 0 Å². The van der Waals surface area contributed by atoms with E-state index in [0.717, 1.165) is 6.07 Å². The average Bonchev–Trinajstić information content (AvgIpc) is 2.27. The van der Waals surface area contributed by atoms with Crippen molar-refractivity contribution in [3.05, 3.63) is 28.8 Å². The van der Waals surface area contributed by atoms with Gasteiger partial charge in [-0.15, -0.1) is 0 Å². The second-order valence-corrected chi connectivity index (χ2v) is 3.31. The van der Waals surface area contributed by atoms with Gasteiger partial charge in [-0.3, -0.25) is 0 Å². The number of carbonyl (C=O) groups is 3. The molecule has 18 heavy (non-hydrogen) atoms. The van der Waals surface area contributed by atoms with Crippen LogP contribution in [0.1, 0.15) is 31.1 Å². The van der Waals surface area contributed by atoms with Gasteiger partial charge in [0.1, 0.15) is 5.56 Å². The zero-order valence-electron chi connectivity index (χ0n) is 8.48. The van der Waals surface area contributed by atoms with Crippen LogP contribution in [-0.2, 0) is 4.57 Å². The van der Waals surface area contributed by atoms with Gasteiger partial charge in [-0.25, -0.2) is 18.9 Å². The summed E-state index contributed by atoms with van der Waals surface area (Å²) in [5, 5.41) is 26.4. The molecule has 0 aliphatic heterocycles. The number of carboxylic acids is 3. The van der Waals surface area contributed by atoms with Crippen LogP contribution in [0.2, 0.25) is 0 Å². The van der Waals surface area contributed by atoms with Gasteiger partial charge in [0.05, 0.1) is 11.1 Å². The summed E-state index contributed by atoms with van der Waals surface area (Å²) in [4.78, 5) is 32.5. The molecule has 8 nitrogen and oxygen atoms in total. The van der Waals surface area contributed by atoms with E-state index >= 15 is 0 Å². The molecule has 0 saturated carbocycles. The van der Waals surface area contributed by atoms with Crippen molar-refractivity contribution in [3.8, 4) is 5.75 Å². The fourth-order valence-corrected chi connectivity index (χ4v) is 1.46. The highest BCUT2D eigenvalue weighted by molar-refractivity contribution is 7.17. The maximum atomic E-state index is 10.9. The lowest BCUT2D eigenvalue weighted by Crippen LogP contribution is -2.11. The normalized spacial score (nSPS) is 10.0. The summed E-state index contributed by atoms with van der Waals surface area (Å²) in [5.41, 5.74) is -2.02. The minimum Gasteiger partial charge on any atom is -0.478 e. The van der Waals surface area contributed by atoms with E-state index < -0.39 is 49.0 Å². The van der Waals surface area contributed by atoms with Crippen molar-refractivity contribution in [2.24, 2.45) is 0 Å². The molecule has 0 aromatic heterocycles. The summed E-state index contributed by atoms with van der Waals surface area (Å²) >= 11 is 0. The molecular formula is C9H5O8P. The molecule has 0 aliphatic rings. The third kappa shape index (κ3) is 2.61. The topological polar surface area (TPSA) is 138 Å². The molecule has 0 unspecified atom stereocenters. The van der Waals surface area contributed by atoms with E-state index in [1.165, 1.54) is 0 Å². The van der Waals surface area contributed by atoms with Gasteiger partial charge < -0.3 is 19.8 Å². The third-order valence-corrected chi connectivity index (χ3v) is 2.20. The standard InChI is InChI=1S/C9H5O8P/c10-7(11)3-1-4(8(12)13)6(9(14)15)5(2-3)17-18-16/h1-2H,(H,10,11)(H,12,13)(H,14,15). The molecule has 0 amide bonds. The number of hydrogen-bond acceptors (Lipinski definition) is 5. The predicted molar refractivity (Wildman–Crippen MR) is 55.6 cm³/mol. The molecule has 0 bridgehead atoms. The van der Waals surface area contributed by atoms with Crippen molar-refractivity contribution in [3.63, 3.8) is 0 Å². The van der Waals surface area contributed by atoms with Crippen LogP contribution < -0.4 is 4.52 Å². The molecule has 1 aromatic rings. The van der Waals surface area contributed by atoms with Crippen molar-refractivity contribution in [1.82, 2.24) is 0 Å². The molecule has 1 rings (SSSR count). The van der Waals surface area contributed by atoms with Crippen molar-refractivity contribution < 1.29 is 38.8 Å². The Kier molecular flexibility index (Phi) is 3.96. The van der Waals surface area contributed by atoms with Gasteiger partial charge in [-0.05, 0) is 12.1 Å². The van der Waals surface area contributed by atoms with Crippen LogP contribution >= 0.6 is 8.69 Å². The van der Waals surface area contributed by atoms with Crippen molar-refractivity contribution in [2.45, 2.75) is 0 Å². The highest BCUT2D eigenvalue weighted by Gasteiger charge is 2.24. The second kappa shape index (κ2) is 5.24. The first-order chi connectivity index (χ1) is 8.38. The minimum absolute atomic E-state index is 0.490. The van der Waals surface area contributed by atoms with Gasteiger partial charge in [0, 0.05) is 0 Å². The Bertz CT molecular complexity index is 550. The molecular weight excluding hydrogens is 267 g/mol. The molecule has 0 saturated heterocycles. The maximum Gasteiger partial charge on any atom is 0.395 e. The summed E-state index contributed by atoms with van der Waals surface area (Å²) in [6.45, 7) is 0. The Labute approximate surface area is 101 Å². The van der Waals surface area contributed by atoms with Crippen LogP contribution in [0.25, 0.3) is 0 Å². The summed E-state index contributed by atoms with van der Waals surface area (Å²) in [6, 6.07) is 1.46. The van der Waals surface area contributed by atoms with Crippen LogP contribution in [-0.4, -0.2) is 33.2 Å². The molecule has 0 aliphatic carbocycles. The molecule has 9 heteroatoms. The lowest BCUT2D eigenvalue weighted by atomic mass is 10.0. The SMILES string of the molecule is O=POc1cc(C(=O)O)cc(C(=O)O)c1C(=O)O. The Morgan fingerprint density at radius 3 is 2.00 bits per heavy atom. The molecule has 0 fully saturated rings. The quantitative estimate of drug-likeness (QED) is 0.683. The van der Waals surface area contributed by atoms with Gasteiger partial charge in [0.2, 0.25) is 0 Å². The summed E-state index contributed by atoms with van der Waals surface area (Å²) in [6.07, 6.45) is 0. The van der Waals surface area contributed by atoms with E-state index in [4.69, 9.17) is 15.3 Å². The first kappa shape index (κ1) is 13.6. The van der Waals surface area contributed by atoms with Gasteiger partial charge in [-0.1, -0.05) is 0 Å². The van der Waals surface area contributed by atoms with Gasteiger partial charge in [0.25, 0.3) is 0 Å². The van der Waals surface area contributed by atoms with Crippen LogP contribution in [0.5, 0.6) is 5.75 Å². The smallest absolute Gasteiger partial charge is 0.395 e. The van der Waals surface area contributed by atoms with Gasteiger partial charge in [-0.2, -0.15) is 0 Å². The van der Waals surface area contributed by atoms with Crippen LogP contribution in [0.3, 0.4) is 0 Å². The highest BCUT2D eigenvalue weighted by Crippen LogP contribution is 2.27. The number of benzene rings is 1. The highest BCUT2D eigenvalue weighted by atomic mass is 31.1. The number of hydrogen-bond donors (Lipinski definition) is 3. The van der Waals surface area contributed by atoms with E-state index in [1.807, 2.05) is 0 Å². The summed E-state index contributed by atoms with van der Waals surface area (Å²) < 4.78 is 14.7. The molecule has 0 heterocycles. The third-order valence-electron chi connectivity index (χ3n) is 1.93. The van der Waals surface area contributed by atoms with Gasteiger partial charge in [0.15, 0.2) is 5.75 Å². The fourth-order valence-electron chi connectivity index (χ4n) is 1.24. The lowest BCUT2D eigenvalue weighted by molar-refractivity contribution is 0.0647. The molecule has 0 radical (unpaired) electrons. The first-order valence-electron chi connectivity index (χ1n) is 4.26. The Balaban J connectivity index is 3.64. The largest absolute Gasteiger partial charge is 0.478 e. The minimum atomic E-state index is -1.64. The van der Waals surface area contributed by atoms with Crippen molar-refractivity contribution in [1.29, 1.82) is 0 Å². The Morgan fingerprint density at radius 2 is 1.61 bits per heavy atom. The molecule has 3 N–H and O–H groups in total. The van der Waals surface area contributed by atoms with E-state index in [9.17, 15) is 18.9 Å². The maximum absolute atomic E-state index is 10.9. The van der Waals surface area contributed by atoms with Crippen molar-refractivity contribution in [2.75, 3.05) is 0 Å². The van der Waals surface area contributed by atoms with E-state index in [-0.39, 0.29) is 0 Å². The summed E-state index contributed by atoms with van der Waals surface area (Å²) in [5.74, 6) is -5.34. The number of aromatic carboxylic acids is 3. The predicted octanol–water partition coefficient (Wildman–Crippen LogP) is 1.37. The van der Waals surface area contributed by atoms with E-state index in [1.54, 1.807) is 0 Å². The van der Waals surface area contributed by atoms with E-state index in [2.05, 4.69) is 4.52 Å². The summed E-state index contributed by atoms with van der Waals surface area (Å²) in [7, 11) is -0.934. The van der Waals surface area contributed by atoms with Gasteiger partial charge >= 0.3 is 26.6 Å². The number of carboxylic acid groups (broad SMARTS) is 3. The van der Waals surface area contributed by atoms with Crippen molar-refractivity contribution >= 4 is 26.6 Å². The second-order valence-electron chi connectivity index (χ2n) is 2.98. The molecule has 1 aromatic carbocycles. The first-order valence-corrected chi connectivity index (χ1v) is 4.99. The monoisotopic (exact) mass is 272 g/mol. The molecule has 94 valence electrons. The zero-order valence-corrected chi connectivity index (χ0v) is 9.38. The average molecular weight is 272 g/mol. The zero-order chi connectivity index (χ0) is 13.9. The lowest BCUT2D eigenvalue weighted by Gasteiger charge is -2.07. The van der Waals surface area contributed by atoms with Crippen LogP contribution in [0.15, 0.2) is 12.1 Å². The fraction of sp³-hybridized carbons (Fsp3) is 0.